The minimum atomic E-state index is 0.335. The normalized spacial score (nSPS) is 23.5. The molecule has 3 nitrogen and oxygen atoms in total. The van der Waals surface area contributed by atoms with Crippen molar-refractivity contribution in [3.63, 3.8) is 0 Å². The van der Waals surface area contributed by atoms with Crippen LogP contribution in [0.5, 0.6) is 0 Å². The van der Waals surface area contributed by atoms with Gasteiger partial charge >= 0.3 is 0 Å². The molecule has 0 aliphatic carbocycles. The summed E-state index contributed by atoms with van der Waals surface area (Å²) in [7, 11) is 1.89. The van der Waals surface area contributed by atoms with Crippen molar-refractivity contribution < 1.29 is 4.74 Å². The predicted molar refractivity (Wildman–Crippen MR) is 48.4 cm³/mol. The number of hydrogen-bond donors (Lipinski definition) is 1. The van der Waals surface area contributed by atoms with Gasteiger partial charge in [0.2, 0.25) is 0 Å². The summed E-state index contributed by atoms with van der Waals surface area (Å²) in [5, 5.41) is 0.445. The molecule has 11 heavy (non-hydrogen) atoms. The molecule has 0 saturated carbocycles. The number of rotatable bonds is 2. The van der Waals surface area contributed by atoms with Crippen LogP contribution >= 0.6 is 12.2 Å². The number of thiocarbonyl (C=S) groups is 1. The Balaban J connectivity index is 2.23. The lowest BCUT2D eigenvalue weighted by Gasteiger charge is -2.20. The first kappa shape index (κ1) is 8.74. The van der Waals surface area contributed by atoms with Crippen LogP contribution in [0.25, 0.3) is 0 Å². The smallest absolute Gasteiger partial charge is 0.166 e. The van der Waals surface area contributed by atoms with Crippen LogP contribution in [0.1, 0.15) is 12.8 Å². The summed E-state index contributed by atoms with van der Waals surface area (Å²) in [4.78, 5) is 1.85. The van der Waals surface area contributed by atoms with Crippen LogP contribution < -0.4 is 5.73 Å². The van der Waals surface area contributed by atoms with E-state index in [0.29, 0.717) is 11.2 Å². The fraction of sp³-hybridized carbons (Fsp3) is 0.857. The van der Waals surface area contributed by atoms with Gasteiger partial charge in [-0.2, -0.15) is 0 Å². The fourth-order valence-electron chi connectivity index (χ4n) is 1.18. The molecule has 1 saturated heterocycles. The Kier molecular flexibility index (Phi) is 3.08. The van der Waals surface area contributed by atoms with Crippen LogP contribution in [0.3, 0.4) is 0 Å². The number of hydrogen-bond acceptors (Lipinski definition) is 2. The largest absolute Gasteiger partial charge is 0.376 e. The van der Waals surface area contributed by atoms with E-state index >= 15 is 0 Å². The molecule has 0 aromatic rings. The lowest BCUT2D eigenvalue weighted by atomic mass is 10.2. The Morgan fingerprint density at radius 2 is 2.55 bits per heavy atom. The average Bonchev–Trinajstić information content (AvgIpc) is 2.39. The van der Waals surface area contributed by atoms with Crippen molar-refractivity contribution in [3.05, 3.63) is 0 Å². The van der Waals surface area contributed by atoms with Crippen LogP contribution in [0, 0.1) is 0 Å². The first-order valence-electron chi connectivity index (χ1n) is 3.82. The molecule has 0 radical (unpaired) electrons. The summed E-state index contributed by atoms with van der Waals surface area (Å²) in [5.74, 6) is 0. The van der Waals surface area contributed by atoms with Crippen LogP contribution in [0.15, 0.2) is 0 Å². The Hall–Kier alpha value is -0.350. The van der Waals surface area contributed by atoms with Gasteiger partial charge < -0.3 is 15.4 Å². The maximum absolute atomic E-state index is 5.42. The lowest BCUT2D eigenvalue weighted by molar-refractivity contribution is 0.0961. The monoisotopic (exact) mass is 174 g/mol. The summed E-state index contributed by atoms with van der Waals surface area (Å²) in [6.07, 6.45) is 2.63. The van der Waals surface area contributed by atoms with Crippen LogP contribution in [0.4, 0.5) is 0 Å². The molecule has 1 atom stereocenters. The molecule has 64 valence electrons. The van der Waals surface area contributed by atoms with Gasteiger partial charge in [0, 0.05) is 20.2 Å². The third-order valence-electron chi connectivity index (χ3n) is 1.88. The molecule has 1 fully saturated rings. The molecule has 4 heteroatoms. The summed E-state index contributed by atoms with van der Waals surface area (Å²) in [6.45, 7) is 1.71. The maximum Gasteiger partial charge on any atom is 0.166 e. The first-order chi connectivity index (χ1) is 5.20. The van der Waals surface area contributed by atoms with Crippen molar-refractivity contribution >= 4 is 17.3 Å². The second kappa shape index (κ2) is 3.88. The topological polar surface area (TPSA) is 38.5 Å². The van der Waals surface area contributed by atoms with E-state index in [9.17, 15) is 0 Å². The van der Waals surface area contributed by atoms with Crippen molar-refractivity contribution in [2.45, 2.75) is 18.9 Å². The summed E-state index contributed by atoms with van der Waals surface area (Å²) < 4.78 is 5.42. The van der Waals surface area contributed by atoms with Gasteiger partial charge in [-0.3, -0.25) is 0 Å². The van der Waals surface area contributed by atoms with Gasteiger partial charge in [-0.1, -0.05) is 0 Å². The zero-order chi connectivity index (χ0) is 8.27. The van der Waals surface area contributed by atoms with Crippen LogP contribution in [-0.4, -0.2) is 36.3 Å². The van der Waals surface area contributed by atoms with Crippen LogP contribution in [-0.2, 0) is 4.74 Å². The van der Waals surface area contributed by atoms with E-state index in [2.05, 4.69) is 0 Å². The highest BCUT2D eigenvalue weighted by molar-refractivity contribution is 7.80. The molecule has 1 heterocycles. The van der Waals surface area contributed by atoms with Crippen LogP contribution in [0.2, 0.25) is 0 Å². The molecule has 2 N–H and O–H groups in total. The number of nitrogens with zero attached hydrogens (tertiary/aromatic N) is 1. The predicted octanol–water partition coefficient (Wildman–Crippen LogP) is 0.341. The van der Waals surface area contributed by atoms with Crippen molar-refractivity contribution in [2.24, 2.45) is 5.73 Å². The third-order valence-corrected chi connectivity index (χ3v) is 2.19. The molecule has 1 rings (SSSR count). The second-order valence-corrected chi connectivity index (χ2v) is 3.27. The fourth-order valence-corrected chi connectivity index (χ4v) is 1.26. The SMILES string of the molecule is CN(CC1CCCO1)C(N)=S. The standard InChI is InChI=1S/C7H14N2OS/c1-9(7(8)11)5-6-3-2-4-10-6/h6H,2-5H2,1H3,(H2,8,11). The zero-order valence-electron chi connectivity index (χ0n) is 6.75. The van der Waals surface area contributed by atoms with Gasteiger partial charge in [-0.15, -0.1) is 0 Å². The summed E-state index contributed by atoms with van der Waals surface area (Å²) >= 11 is 4.80. The van der Waals surface area contributed by atoms with Gasteiger partial charge in [-0.05, 0) is 25.1 Å². The quantitative estimate of drug-likeness (QED) is 0.613. The Bertz CT molecular complexity index is 145. The molecular weight excluding hydrogens is 160 g/mol. The highest BCUT2D eigenvalue weighted by Crippen LogP contribution is 2.12. The minimum Gasteiger partial charge on any atom is -0.376 e. The van der Waals surface area contributed by atoms with Gasteiger partial charge in [0.05, 0.1) is 6.10 Å². The third kappa shape index (κ3) is 2.63. The molecule has 0 aromatic carbocycles. The molecule has 0 bridgehead atoms. The van der Waals surface area contributed by atoms with E-state index in [0.717, 1.165) is 26.0 Å². The maximum atomic E-state index is 5.42. The number of ether oxygens (including phenoxy) is 1. The molecule has 0 aromatic heterocycles. The first-order valence-corrected chi connectivity index (χ1v) is 4.23. The minimum absolute atomic E-state index is 0.335. The van der Waals surface area contributed by atoms with Gasteiger partial charge in [-0.25, -0.2) is 0 Å². The Morgan fingerprint density at radius 3 is 3.00 bits per heavy atom. The molecule has 0 spiro atoms. The Labute approximate surface area is 72.5 Å². The van der Waals surface area contributed by atoms with Gasteiger partial charge in [0.15, 0.2) is 5.11 Å². The zero-order valence-corrected chi connectivity index (χ0v) is 7.56. The molecule has 1 aliphatic heterocycles. The van der Waals surface area contributed by atoms with E-state index in [1.165, 1.54) is 0 Å². The van der Waals surface area contributed by atoms with Gasteiger partial charge in [0.25, 0.3) is 0 Å². The van der Waals surface area contributed by atoms with E-state index in [4.69, 9.17) is 22.7 Å². The molecule has 0 amide bonds. The van der Waals surface area contributed by atoms with Crippen molar-refractivity contribution in [2.75, 3.05) is 20.2 Å². The Morgan fingerprint density at radius 1 is 1.82 bits per heavy atom. The highest BCUT2D eigenvalue weighted by atomic mass is 32.1. The van der Waals surface area contributed by atoms with E-state index in [1.54, 1.807) is 0 Å². The highest BCUT2D eigenvalue weighted by Gasteiger charge is 2.17. The summed E-state index contributed by atoms with van der Waals surface area (Å²) in [5.41, 5.74) is 5.42. The number of nitrogens with two attached hydrogens (primary N) is 1. The van der Waals surface area contributed by atoms with Crippen molar-refractivity contribution in [1.29, 1.82) is 0 Å². The number of likely N-dealkylation sites (N-methyl/N-ethyl adjacent to an activating group) is 1. The summed E-state index contributed by atoms with van der Waals surface area (Å²) in [6, 6.07) is 0. The van der Waals surface area contributed by atoms with Crippen molar-refractivity contribution in [3.8, 4) is 0 Å². The second-order valence-electron chi connectivity index (χ2n) is 2.85. The molecule has 1 aliphatic rings. The van der Waals surface area contributed by atoms with Crippen molar-refractivity contribution in [1.82, 2.24) is 4.90 Å². The van der Waals surface area contributed by atoms with E-state index in [-0.39, 0.29) is 0 Å². The molecule has 1 unspecified atom stereocenters. The van der Waals surface area contributed by atoms with E-state index < -0.39 is 0 Å². The van der Waals surface area contributed by atoms with E-state index in [1.807, 2.05) is 11.9 Å². The lowest BCUT2D eigenvalue weighted by Crippen LogP contribution is -2.37. The average molecular weight is 174 g/mol. The van der Waals surface area contributed by atoms with Gasteiger partial charge in [0.1, 0.15) is 0 Å². The molecular formula is C7H14N2OS.